The number of hydrogen-bond acceptors (Lipinski definition) is 4. The largest absolute Gasteiger partial charge is 0.480 e. The van der Waals surface area contributed by atoms with E-state index < -0.39 is 5.24 Å². The van der Waals surface area contributed by atoms with Crippen LogP contribution in [0.3, 0.4) is 0 Å². The van der Waals surface area contributed by atoms with E-state index in [1.807, 2.05) is 0 Å². The van der Waals surface area contributed by atoms with Gasteiger partial charge in [0.25, 0.3) is 5.24 Å². The second-order valence-corrected chi connectivity index (χ2v) is 4.29. The Labute approximate surface area is 99.0 Å². The van der Waals surface area contributed by atoms with Gasteiger partial charge in [-0.15, -0.1) is 10.2 Å². The first-order chi connectivity index (χ1) is 7.72. The van der Waals surface area contributed by atoms with Crippen molar-refractivity contribution < 1.29 is 9.53 Å². The molecule has 1 fully saturated rings. The van der Waals surface area contributed by atoms with Crippen LogP contribution in [0.2, 0.25) is 0 Å². The Morgan fingerprint density at radius 1 is 1.44 bits per heavy atom. The summed E-state index contributed by atoms with van der Waals surface area (Å²) in [5, 5.41) is 7.04. The molecule has 16 heavy (non-hydrogen) atoms. The minimum absolute atomic E-state index is 0.198. The average molecular weight is 241 g/mol. The highest BCUT2D eigenvalue weighted by Gasteiger charge is 2.23. The van der Waals surface area contributed by atoms with Crippen molar-refractivity contribution in [3.63, 3.8) is 0 Å². The number of aromatic nitrogens is 2. The second-order valence-electron chi connectivity index (χ2n) is 3.95. The standard InChI is InChI=1S/C11H13ClN2O2/c1-16-11-8(7-4-2-3-5-7)6-9(10(12)15)13-14-11/h6-7H,2-5H2,1H3. The summed E-state index contributed by atoms with van der Waals surface area (Å²) >= 11 is 5.40. The monoisotopic (exact) mass is 240 g/mol. The number of methoxy groups -OCH3 is 1. The molecule has 0 aliphatic heterocycles. The van der Waals surface area contributed by atoms with Gasteiger partial charge >= 0.3 is 0 Å². The summed E-state index contributed by atoms with van der Waals surface area (Å²) in [4.78, 5) is 11.0. The van der Waals surface area contributed by atoms with Gasteiger partial charge in [-0.25, -0.2) is 0 Å². The van der Waals surface area contributed by atoms with Crippen LogP contribution < -0.4 is 4.74 Å². The zero-order chi connectivity index (χ0) is 11.5. The molecule has 0 unspecified atom stereocenters. The van der Waals surface area contributed by atoms with Gasteiger partial charge in [0.1, 0.15) is 5.69 Å². The number of rotatable bonds is 3. The lowest BCUT2D eigenvalue weighted by Crippen LogP contribution is -2.05. The van der Waals surface area contributed by atoms with Gasteiger partial charge in [-0.3, -0.25) is 4.79 Å². The number of carbonyl (C=O) groups is 1. The summed E-state index contributed by atoms with van der Waals surface area (Å²) in [6.45, 7) is 0. The molecule has 86 valence electrons. The van der Waals surface area contributed by atoms with Crippen molar-refractivity contribution in [3.8, 4) is 5.88 Å². The molecule has 0 aromatic carbocycles. The predicted molar refractivity (Wildman–Crippen MR) is 60.0 cm³/mol. The van der Waals surface area contributed by atoms with E-state index in [1.54, 1.807) is 13.2 Å². The molecule has 0 N–H and O–H groups in total. The fourth-order valence-electron chi connectivity index (χ4n) is 2.18. The summed E-state index contributed by atoms with van der Waals surface area (Å²) < 4.78 is 5.16. The van der Waals surface area contributed by atoms with Crippen molar-refractivity contribution >= 4 is 16.8 Å². The molecular formula is C11H13ClN2O2. The van der Waals surface area contributed by atoms with Crippen LogP contribution in [0.4, 0.5) is 0 Å². The molecule has 4 nitrogen and oxygen atoms in total. The van der Waals surface area contributed by atoms with Crippen LogP contribution in [0.15, 0.2) is 6.07 Å². The van der Waals surface area contributed by atoms with Crippen molar-refractivity contribution in [1.82, 2.24) is 10.2 Å². The van der Waals surface area contributed by atoms with E-state index in [1.165, 1.54) is 12.8 Å². The summed E-state index contributed by atoms with van der Waals surface area (Å²) in [5.41, 5.74) is 1.16. The quantitative estimate of drug-likeness (QED) is 0.762. The third kappa shape index (κ3) is 2.16. The topological polar surface area (TPSA) is 52.1 Å². The normalized spacial score (nSPS) is 16.4. The SMILES string of the molecule is COc1nnc(C(=O)Cl)cc1C1CCCC1. The van der Waals surface area contributed by atoms with Gasteiger partial charge in [-0.2, -0.15) is 0 Å². The fraction of sp³-hybridized carbons (Fsp3) is 0.545. The Kier molecular flexibility index (Phi) is 3.39. The molecule has 0 atom stereocenters. The molecule has 0 radical (unpaired) electrons. The van der Waals surface area contributed by atoms with Crippen molar-refractivity contribution in [2.75, 3.05) is 7.11 Å². The Morgan fingerprint density at radius 2 is 2.12 bits per heavy atom. The van der Waals surface area contributed by atoms with Crippen LogP contribution in [-0.2, 0) is 0 Å². The van der Waals surface area contributed by atoms with Gasteiger partial charge in [0.15, 0.2) is 0 Å². The molecule has 0 amide bonds. The van der Waals surface area contributed by atoms with Gasteiger partial charge in [-0.1, -0.05) is 12.8 Å². The highest BCUT2D eigenvalue weighted by molar-refractivity contribution is 6.67. The number of halogens is 1. The first-order valence-electron chi connectivity index (χ1n) is 5.34. The minimum Gasteiger partial charge on any atom is -0.480 e. The molecule has 0 saturated heterocycles. The van der Waals surface area contributed by atoms with E-state index >= 15 is 0 Å². The van der Waals surface area contributed by atoms with Crippen LogP contribution in [0.25, 0.3) is 0 Å². The van der Waals surface area contributed by atoms with Gasteiger partial charge in [0, 0.05) is 5.56 Å². The van der Waals surface area contributed by atoms with E-state index in [9.17, 15) is 4.79 Å². The average Bonchev–Trinajstić information content (AvgIpc) is 2.81. The second kappa shape index (κ2) is 4.78. The predicted octanol–water partition coefficient (Wildman–Crippen LogP) is 2.52. The zero-order valence-electron chi connectivity index (χ0n) is 9.07. The highest BCUT2D eigenvalue weighted by Crippen LogP contribution is 2.37. The van der Waals surface area contributed by atoms with E-state index in [2.05, 4.69) is 10.2 Å². The molecule has 1 aliphatic rings. The Balaban J connectivity index is 2.38. The van der Waals surface area contributed by atoms with Crippen LogP contribution in [-0.4, -0.2) is 22.5 Å². The summed E-state index contributed by atoms with van der Waals surface area (Å²) in [7, 11) is 1.56. The van der Waals surface area contributed by atoms with Gasteiger partial charge < -0.3 is 4.74 Å². The van der Waals surface area contributed by atoms with Gasteiger partial charge in [-0.05, 0) is 36.4 Å². The summed E-state index contributed by atoms with van der Waals surface area (Å²) in [6.07, 6.45) is 4.64. The van der Waals surface area contributed by atoms with Crippen LogP contribution >= 0.6 is 11.6 Å². The van der Waals surface area contributed by atoms with E-state index in [-0.39, 0.29) is 5.69 Å². The molecule has 1 heterocycles. The van der Waals surface area contributed by atoms with E-state index in [0.29, 0.717) is 11.8 Å². The molecular weight excluding hydrogens is 228 g/mol. The zero-order valence-corrected chi connectivity index (χ0v) is 9.83. The molecule has 1 aromatic rings. The maximum absolute atomic E-state index is 11.0. The lowest BCUT2D eigenvalue weighted by molar-refractivity contribution is 0.107. The minimum atomic E-state index is -0.575. The molecule has 1 saturated carbocycles. The van der Waals surface area contributed by atoms with Crippen molar-refractivity contribution in [2.45, 2.75) is 31.6 Å². The smallest absolute Gasteiger partial charge is 0.272 e. The van der Waals surface area contributed by atoms with Crippen molar-refractivity contribution in [2.24, 2.45) is 0 Å². The van der Waals surface area contributed by atoms with Crippen LogP contribution in [0.1, 0.15) is 47.7 Å². The maximum atomic E-state index is 11.0. The number of ether oxygens (including phenoxy) is 1. The van der Waals surface area contributed by atoms with Crippen LogP contribution in [0, 0.1) is 0 Å². The first kappa shape index (κ1) is 11.3. The molecule has 5 heteroatoms. The third-order valence-electron chi connectivity index (χ3n) is 2.98. The van der Waals surface area contributed by atoms with Crippen molar-refractivity contribution in [3.05, 3.63) is 17.3 Å². The number of carbonyl (C=O) groups excluding carboxylic acids is 1. The van der Waals surface area contributed by atoms with Crippen molar-refractivity contribution in [1.29, 1.82) is 0 Å². The number of nitrogens with zero attached hydrogens (tertiary/aromatic N) is 2. The number of hydrogen-bond donors (Lipinski definition) is 0. The molecule has 2 rings (SSSR count). The molecule has 1 aromatic heterocycles. The van der Waals surface area contributed by atoms with Gasteiger partial charge in [0.05, 0.1) is 7.11 Å². The van der Waals surface area contributed by atoms with Gasteiger partial charge in [0.2, 0.25) is 5.88 Å². The fourth-order valence-corrected chi connectivity index (χ4v) is 2.27. The van der Waals surface area contributed by atoms with E-state index in [4.69, 9.17) is 16.3 Å². The van der Waals surface area contributed by atoms with Crippen LogP contribution in [0.5, 0.6) is 5.88 Å². The summed E-state index contributed by atoms with van der Waals surface area (Å²) in [5.74, 6) is 0.925. The molecule has 1 aliphatic carbocycles. The molecule has 0 spiro atoms. The Bertz CT molecular complexity index is 403. The Morgan fingerprint density at radius 3 is 2.69 bits per heavy atom. The highest BCUT2D eigenvalue weighted by atomic mass is 35.5. The first-order valence-corrected chi connectivity index (χ1v) is 5.71. The molecule has 0 bridgehead atoms. The Hall–Kier alpha value is -1.16. The third-order valence-corrected chi connectivity index (χ3v) is 3.17. The maximum Gasteiger partial charge on any atom is 0.272 e. The van der Waals surface area contributed by atoms with E-state index in [0.717, 1.165) is 18.4 Å². The summed E-state index contributed by atoms with van der Waals surface area (Å²) in [6, 6.07) is 1.71. The lowest BCUT2D eigenvalue weighted by atomic mass is 9.99. The lowest BCUT2D eigenvalue weighted by Gasteiger charge is -2.12.